The molecule has 30 heavy (non-hydrogen) atoms. The van der Waals surface area contributed by atoms with Crippen LogP contribution in [0.5, 0.6) is 11.5 Å². The zero-order chi connectivity index (χ0) is 38.5. The first-order chi connectivity index (χ1) is 21.6. The number of fused-ring (bicyclic) bond motifs is 3. The van der Waals surface area contributed by atoms with Crippen LogP contribution in [0, 0.1) is 17.7 Å². The van der Waals surface area contributed by atoms with Crippen molar-refractivity contribution < 1.29 is 45.0 Å². The minimum Gasteiger partial charge on any atom is -0.493 e. The molecule has 0 saturated carbocycles. The largest absolute Gasteiger partial charge is 0.493 e. The molecule has 1 aromatic rings. The van der Waals surface area contributed by atoms with E-state index >= 15 is 0 Å². The Bertz CT molecular complexity index is 1460. The van der Waals surface area contributed by atoms with E-state index in [9.17, 15) is 13.0 Å². The number of hydrogen-bond donors (Lipinski definition) is 1. The molecule has 2 heterocycles. The van der Waals surface area contributed by atoms with Crippen molar-refractivity contribution in [1.29, 1.82) is 0 Å². The fourth-order valence-electron chi connectivity index (χ4n) is 3.27. The number of esters is 1. The van der Waals surface area contributed by atoms with Gasteiger partial charge in [0.05, 0.1) is 23.7 Å². The van der Waals surface area contributed by atoms with Crippen LogP contribution in [0.3, 0.4) is 0 Å². The van der Waals surface area contributed by atoms with Crippen LogP contribution in [0.15, 0.2) is 12.1 Å². The Kier molecular flexibility index (Phi) is 2.75. The molecule has 6 nitrogen and oxygen atoms in total. The molecule has 1 saturated heterocycles. The summed E-state index contributed by atoms with van der Waals surface area (Å²) in [5.74, 6) is -11.9. The maximum absolute atomic E-state index is 13.7. The maximum Gasteiger partial charge on any atom is 0.323 e. The number of nitrogens with two attached hydrogens (primary N) is 1. The number of methoxy groups -OCH3 is 2. The highest BCUT2D eigenvalue weighted by atomic mass is 16.5. The standard InChI is InChI=1S/C24H38N2O4/c1-14(2)9-17-13-26-8-7-16-10-21(28-5)22(29-6)11-18(16)19(26)12-20(17)30-24(27)23(25)15(3)4/h10-11,14-15,17,19-20,23H,7-9,12-13,25H2,1-6H3/t17?,19?,20?,23-/m0/s1/i3D3,4D3,6D3,10D,11D,12D2,13D2,15D,17D,20D,23D. The summed E-state index contributed by atoms with van der Waals surface area (Å²) in [7, 11) is -2.17. The van der Waals surface area contributed by atoms with Crippen molar-refractivity contribution in [3.63, 3.8) is 0 Å². The molecule has 2 aliphatic rings. The molecule has 1 fully saturated rings. The van der Waals surface area contributed by atoms with Crippen LogP contribution < -0.4 is 15.2 Å². The van der Waals surface area contributed by atoms with Crippen LogP contribution in [0.25, 0.3) is 0 Å². The summed E-state index contributed by atoms with van der Waals surface area (Å²) in [5.41, 5.74) is 4.94. The molecular formula is C24H38N2O4. The van der Waals surface area contributed by atoms with Gasteiger partial charge in [0.25, 0.3) is 0 Å². The Labute approximate surface area is 207 Å². The second-order valence-electron chi connectivity index (χ2n) is 7.29. The van der Waals surface area contributed by atoms with Crippen molar-refractivity contribution >= 4 is 5.97 Å². The quantitative estimate of drug-likeness (QED) is 0.658. The average molecular weight is 438 g/mol. The van der Waals surface area contributed by atoms with Crippen LogP contribution in [-0.4, -0.2) is 50.2 Å². The average Bonchev–Trinajstić information content (AvgIpc) is 2.91. The van der Waals surface area contributed by atoms with Crippen molar-refractivity contribution in [1.82, 2.24) is 4.90 Å². The molecule has 3 unspecified atom stereocenters. The third-order valence-electron chi connectivity index (χ3n) is 4.65. The van der Waals surface area contributed by atoms with Gasteiger partial charge in [-0.1, -0.05) is 27.6 Å². The van der Waals surface area contributed by atoms with Crippen LogP contribution in [0.4, 0.5) is 0 Å². The summed E-state index contributed by atoms with van der Waals surface area (Å²) < 4.78 is 174. The molecule has 2 N–H and O–H groups in total. The molecular weight excluding hydrogens is 380 g/mol. The smallest absolute Gasteiger partial charge is 0.323 e. The van der Waals surface area contributed by atoms with Gasteiger partial charge in [0, 0.05) is 47.8 Å². The molecule has 0 aromatic heterocycles. The predicted molar refractivity (Wildman–Crippen MR) is 118 cm³/mol. The van der Waals surface area contributed by atoms with Crippen LogP contribution >= 0.6 is 0 Å². The Morgan fingerprint density at radius 1 is 1.43 bits per heavy atom. The molecule has 1 aromatic carbocycles. The van der Waals surface area contributed by atoms with Crippen molar-refractivity contribution in [3.05, 3.63) is 23.2 Å². The lowest BCUT2D eigenvalue weighted by atomic mass is 9.79. The highest BCUT2D eigenvalue weighted by molar-refractivity contribution is 5.76. The molecule has 4 atom stereocenters. The fraction of sp³-hybridized carbons (Fsp3) is 0.708. The van der Waals surface area contributed by atoms with Gasteiger partial charge in [-0.05, 0) is 47.9 Å². The van der Waals surface area contributed by atoms with Gasteiger partial charge in [0.1, 0.15) is 12.1 Å². The molecule has 0 spiro atoms. The third-order valence-corrected chi connectivity index (χ3v) is 4.65. The van der Waals surface area contributed by atoms with E-state index in [1.165, 1.54) is 13.8 Å². The first kappa shape index (κ1) is 8.62. The van der Waals surface area contributed by atoms with Crippen molar-refractivity contribution in [2.75, 3.05) is 27.2 Å². The monoisotopic (exact) mass is 437 g/mol. The molecule has 0 bridgehead atoms. The van der Waals surface area contributed by atoms with Crippen LogP contribution in [0.1, 0.15) is 83.6 Å². The third kappa shape index (κ3) is 4.75. The Balaban J connectivity index is 2.45. The van der Waals surface area contributed by atoms with Crippen molar-refractivity contribution in [3.8, 4) is 11.5 Å². The summed E-state index contributed by atoms with van der Waals surface area (Å²) in [4.78, 5) is 14.5. The molecule has 2 aliphatic heterocycles. The summed E-state index contributed by atoms with van der Waals surface area (Å²) >= 11 is 0. The molecule has 168 valence electrons. The van der Waals surface area contributed by atoms with Gasteiger partial charge in [-0.3, -0.25) is 9.69 Å². The summed E-state index contributed by atoms with van der Waals surface area (Å²) in [6.45, 7) is -8.68. The van der Waals surface area contributed by atoms with Crippen LogP contribution in [-0.2, 0) is 16.0 Å². The van der Waals surface area contributed by atoms with Gasteiger partial charge >= 0.3 is 5.97 Å². The van der Waals surface area contributed by atoms with Crippen molar-refractivity contribution in [2.45, 2.75) is 64.9 Å². The number of benzene rings is 1. The number of carbonyl (C=O) groups is 1. The zero-order valence-electron chi connectivity index (χ0n) is 35.9. The first-order valence-corrected chi connectivity index (χ1v) is 9.32. The summed E-state index contributed by atoms with van der Waals surface area (Å²) in [6, 6.07) is -7.80. The van der Waals surface area contributed by atoms with E-state index in [4.69, 9.17) is 37.8 Å². The second-order valence-corrected chi connectivity index (χ2v) is 7.29. The predicted octanol–water partition coefficient (Wildman–Crippen LogP) is 3.56. The van der Waals surface area contributed by atoms with Gasteiger partial charge in [0.2, 0.25) is 0 Å². The molecule has 6 heteroatoms. The molecule has 0 aliphatic carbocycles. The molecule has 0 amide bonds. The van der Waals surface area contributed by atoms with Gasteiger partial charge < -0.3 is 19.9 Å². The number of ether oxygens (including phenoxy) is 3. The summed E-state index contributed by atoms with van der Waals surface area (Å²) in [6.07, 6.45) is -8.44. The SMILES string of the molecule is [2H]c1c2c(c([2H])c(OC([2H])([2H])[2H])c1OC)C1N(CC2)C([2H])([2H])C([2H])(CC(C)C)C([2H])(OC(=O)[C@@]([2H])(N)C([2H])(C([2H])([2H])[2H])C([2H])([2H])[2H])C1([2H])[2H]. The lowest BCUT2D eigenvalue weighted by molar-refractivity contribution is -0.160. The minimum atomic E-state index is -4.15. The number of rotatable bonds is 7. The van der Waals surface area contributed by atoms with Gasteiger partial charge in [-0.15, -0.1) is 0 Å². The second kappa shape index (κ2) is 9.56. The van der Waals surface area contributed by atoms with E-state index in [0.717, 1.165) is 12.0 Å². The van der Waals surface area contributed by atoms with Gasteiger partial charge in [-0.25, -0.2) is 0 Å². The highest BCUT2D eigenvalue weighted by Crippen LogP contribution is 2.44. The number of carbonyl (C=O) groups excluding carboxylic acids is 1. The Hall–Kier alpha value is -1.79. The van der Waals surface area contributed by atoms with Gasteiger partial charge in [-0.2, -0.15) is 0 Å². The maximum atomic E-state index is 13.7. The highest BCUT2D eigenvalue weighted by Gasteiger charge is 2.41. The fourth-order valence-corrected chi connectivity index (χ4v) is 3.27. The van der Waals surface area contributed by atoms with Crippen LogP contribution in [0.2, 0.25) is 0 Å². The number of piperidine rings is 1. The Morgan fingerprint density at radius 2 is 2.20 bits per heavy atom. The van der Waals surface area contributed by atoms with E-state index in [1.54, 1.807) is 0 Å². The molecule has 0 radical (unpaired) electrons. The van der Waals surface area contributed by atoms with Crippen molar-refractivity contribution in [2.24, 2.45) is 23.4 Å². The number of hydrogen-bond acceptors (Lipinski definition) is 6. The number of nitrogens with zero attached hydrogens (tertiary/aromatic N) is 1. The lowest BCUT2D eigenvalue weighted by Crippen LogP contribution is -2.51. The van der Waals surface area contributed by atoms with E-state index in [0.29, 0.717) is 0 Å². The summed E-state index contributed by atoms with van der Waals surface area (Å²) in [5, 5.41) is 0. The Morgan fingerprint density at radius 3 is 2.87 bits per heavy atom. The first-order valence-electron chi connectivity index (χ1n) is 18.8. The zero-order valence-corrected chi connectivity index (χ0v) is 16.9. The topological polar surface area (TPSA) is 74.0 Å². The van der Waals surface area contributed by atoms with Gasteiger partial charge in [0.15, 0.2) is 11.5 Å². The minimum absolute atomic E-state index is 0.153. The van der Waals surface area contributed by atoms with E-state index in [-0.39, 0.29) is 12.0 Å². The van der Waals surface area contributed by atoms with E-state index in [1.807, 2.05) is 0 Å². The normalized spacial score (nSPS) is 45.1. The molecule has 3 rings (SSSR count). The lowest BCUT2D eigenvalue weighted by Gasteiger charge is -2.47. The van der Waals surface area contributed by atoms with E-state index in [2.05, 4.69) is 0 Å². The van der Waals surface area contributed by atoms with E-state index < -0.39 is 118 Å².